The molecule has 1 aliphatic heterocycles. The maximum atomic E-state index is 12.8. The number of para-hydroxylation sites is 1. The monoisotopic (exact) mass is 328 g/mol. The second kappa shape index (κ2) is 6.97. The fraction of sp³-hybridized carbons (Fsp3) is 0.389. The number of carboxylic acid groups (broad SMARTS) is 1. The topological polar surface area (TPSA) is 79.7 Å². The zero-order valence-electron chi connectivity index (χ0n) is 13.5. The van der Waals surface area contributed by atoms with E-state index < -0.39 is 5.97 Å². The first-order valence-corrected chi connectivity index (χ1v) is 7.95. The number of aromatic nitrogens is 1. The molecule has 1 amide bonds. The van der Waals surface area contributed by atoms with Crippen LogP contribution in [0.4, 0.5) is 0 Å². The van der Waals surface area contributed by atoms with Crippen molar-refractivity contribution in [2.24, 2.45) is 0 Å². The molecule has 1 fully saturated rings. The van der Waals surface area contributed by atoms with Gasteiger partial charge in [-0.2, -0.15) is 0 Å². The number of benzene rings is 1. The molecule has 0 unspecified atom stereocenters. The van der Waals surface area contributed by atoms with E-state index in [0.717, 1.165) is 16.5 Å². The highest BCUT2D eigenvalue weighted by molar-refractivity contribution is 5.88. The van der Waals surface area contributed by atoms with E-state index in [9.17, 15) is 9.59 Å². The Labute approximate surface area is 140 Å². The first-order valence-electron chi connectivity index (χ1n) is 7.95. The van der Waals surface area contributed by atoms with E-state index in [2.05, 4.69) is 4.98 Å². The summed E-state index contributed by atoms with van der Waals surface area (Å²) in [5.41, 5.74) is 1.67. The first-order chi connectivity index (χ1) is 11.6. The van der Waals surface area contributed by atoms with Crippen LogP contribution in [-0.2, 0) is 20.7 Å². The zero-order valence-corrected chi connectivity index (χ0v) is 13.5. The minimum atomic E-state index is -0.901. The van der Waals surface area contributed by atoms with Crippen LogP contribution < -0.4 is 0 Å². The number of carbonyl (C=O) groups excluding carboxylic acids is 1. The Balaban J connectivity index is 1.81. The highest BCUT2D eigenvalue weighted by Gasteiger charge is 2.36. The van der Waals surface area contributed by atoms with Crippen molar-refractivity contribution in [1.82, 2.24) is 9.88 Å². The molecule has 1 aromatic carbocycles. The molecule has 6 heteroatoms. The van der Waals surface area contributed by atoms with Gasteiger partial charge in [-0.15, -0.1) is 0 Å². The van der Waals surface area contributed by atoms with Crippen LogP contribution in [0.2, 0.25) is 0 Å². The van der Waals surface area contributed by atoms with Crippen LogP contribution in [-0.4, -0.2) is 52.7 Å². The summed E-state index contributed by atoms with van der Waals surface area (Å²) in [7, 11) is 1.59. The molecule has 2 heterocycles. The van der Waals surface area contributed by atoms with Gasteiger partial charge in [-0.25, -0.2) is 0 Å². The van der Waals surface area contributed by atoms with Crippen molar-refractivity contribution >= 4 is 22.8 Å². The molecular weight excluding hydrogens is 308 g/mol. The lowest BCUT2D eigenvalue weighted by Crippen LogP contribution is -2.38. The van der Waals surface area contributed by atoms with Crippen LogP contribution >= 0.6 is 0 Å². The summed E-state index contributed by atoms with van der Waals surface area (Å²) in [6.07, 6.45) is 2.31. The summed E-state index contributed by atoms with van der Waals surface area (Å²) in [5.74, 6) is -0.986. The van der Waals surface area contributed by atoms with E-state index >= 15 is 0 Å². The number of methoxy groups -OCH3 is 1. The summed E-state index contributed by atoms with van der Waals surface area (Å²) >= 11 is 0. The van der Waals surface area contributed by atoms with E-state index in [1.54, 1.807) is 18.2 Å². The van der Waals surface area contributed by atoms with Gasteiger partial charge >= 0.3 is 5.97 Å². The molecule has 2 aromatic rings. The molecule has 0 aliphatic carbocycles. The standard InChI is InChI=1S/C18H20N2O4/c1-24-15-9-14(10-17(22)23)20(11-15)16(21)8-13-5-2-4-12-6-3-7-19-18(12)13/h2-7,14-15H,8-11H2,1H3,(H,22,23)/t14-,15+/m1/s1. The number of aliphatic carboxylic acids is 1. The van der Waals surface area contributed by atoms with E-state index in [0.29, 0.717) is 13.0 Å². The predicted molar refractivity (Wildman–Crippen MR) is 88.6 cm³/mol. The Morgan fingerprint density at radius 3 is 2.88 bits per heavy atom. The molecule has 1 N–H and O–H groups in total. The van der Waals surface area contributed by atoms with Crippen molar-refractivity contribution in [2.45, 2.75) is 31.4 Å². The van der Waals surface area contributed by atoms with Crippen LogP contribution in [0, 0.1) is 0 Å². The smallest absolute Gasteiger partial charge is 0.305 e. The van der Waals surface area contributed by atoms with Crippen molar-refractivity contribution in [3.8, 4) is 0 Å². The highest BCUT2D eigenvalue weighted by Crippen LogP contribution is 2.25. The number of hydrogen-bond donors (Lipinski definition) is 1. The number of carboxylic acids is 1. The van der Waals surface area contributed by atoms with Crippen molar-refractivity contribution in [2.75, 3.05) is 13.7 Å². The molecular formula is C18H20N2O4. The minimum absolute atomic E-state index is 0.0562. The van der Waals surface area contributed by atoms with Crippen LogP contribution in [0.1, 0.15) is 18.4 Å². The molecule has 0 bridgehead atoms. The molecule has 126 valence electrons. The average Bonchev–Trinajstić information content (AvgIpc) is 2.97. The Hall–Kier alpha value is -2.47. The van der Waals surface area contributed by atoms with Gasteiger partial charge < -0.3 is 14.7 Å². The predicted octanol–water partition coefficient (Wildman–Crippen LogP) is 1.87. The molecule has 1 aliphatic rings. The lowest BCUT2D eigenvalue weighted by Gasteiger charge is -2.23. The van der Waals surface area contributed by atoms with Gasteiger partial charge in [0, 0.05) is 31.3 Å². The van der Waals surface area contributed by atoms with Gasteiger partial charge in [0.15, 0.2) is 0 Å². The third kappa shape index (κ3) is 3.38. The molecule has 24 heavy (non-hydrogen) atoms. The van der Waals surface area contributed by atoms with Crippen LogP contribution in [0.5, 0.6) is 0 Å². The van der Waals surface area contributed by atoms with Crippen molar-refractivity contribution < 1.29 is 19.4 Å². The Morgan fingerprint density at radius 1 is 1.33 bits per heavy atom. The van der Waals surface area contributed by atoms with E-state index in [1.807, 2.05) is 30.3 Å². The summed E-state index contributed by atoms with van der Waals surface area (Å²) in [4.78, 5) is 29.8. The lowest BCUT2D eigenvalue weighted by molar-refractivity contribution is -0.139. The lowest BCUT2D eigenvalue weighted by atomic mass is 10.1. The number of carbonyl (C=O) groups is 2. The average molecular weight is 328 g/mol. The number of fused-ring (bicyclic) bond motifs is 1. The van der Waals surface area contributed by atoms with Gasteiger partial charge in [0.05, 0.1) is 24.5 Å². The number of hydrogen-bond acceptors (Lipinski definition) is 4. The number of ether oxygens (including phenoxy) is 1. The van der Waals surface area contributed by atoms with Crippen LogP contribution in [0.15, 0.2) is 36.5 Å². The maximum Gasteiger partial charge on any atom is 0.305 e. The summed E-state index contributed by atoms with van der Waals surface area (Å²) in [6.45, 7) is 0.436. The molecule has 0 radical (unpaired) electrons. The van der Waals surface area contributed by atoms with Crippen molar-refractivity contribution in [3.63, 3.8) is 0 Å². The van der Waals surface area contributed by atoms with E-state index in [1.165, 1.54) is 0 Å². The Bertz CT molecular complexity index is 756. The van der Waals surface area contributed by atoms with E-state index in [4.69, 9.17) is 9.84 Å². The Morgan fingerprint density at radius 2 is 2.12 bits per heavy atom. The second-order valence-electron chi connectivity index (χ2n) is 6.06. The van der Waals surface area contributed by atoms with Gasteiger partial charge in [-0.05, 0) is 18.1 Å². The number of pyridine rings is 1. The normalized spacial score (nSPS) is 20.5. The largest absolute Gasteiger partial charge is 0.481 e. The third-order valence-electron chi connectivity index (χ3n) is 4.50. The van der Waals surface area contributed by atoms with E-state index in [-0.39, 0.29) is 30.9 Å². The summed E-state index contributed by atoms with van der Waals surface area (Å²) in [6, 6.07) is 9.26. The zero-order chi connectivity index (χ0) is 17.1. The van der Waals surface area contributed by atoms with Crippen molar-refractivity contribution in [3.05, 3.63) is 42.1 Å². The maximum absolute atomic E-state index is 12.8. The van der Waals surface area contributed by atoms with Gasteiger partial charge in [0.1, 0.15) is 0 Å². The fourth-order valence-corrected chi connectivity index (χ4v) is 3.32. The van der Waals surface area contributed by atoms with Gasteiger partial charge in [-0.3, -0.25) is 14.6 Å². The molecule has 0 spiro atoms. The number of rotatable bonds is 5. The summed E-state index contributed by atoms with van der Waals surface area (Å²) < 4.78 is 5.32. The fourth-order valence-electron chi connectivity index (χ4n) is 3.32. The molecule has 0 saturated carbocycles. The SMILES string of the molecule is CO[C@H]1C[C@H](CC(=O)O)N(C(=O)Cc2cccc3cccnc23)C1. The third-order valence-corrected chi connectivity index (χ3v) is 4.50. The van der Waals surface area contributed by atoms with Gasteiger partial charge in [0.25, 0.3) is 0 Å². The molecule has 2 atom stereocenters. The molecule has 1 aromatic heterocycles. The molecule has 6 nitrogen and oxygen atoms in total. The minimum Gasteiger partial charge on any atom is -0.481 e. The Kier molecular flexibility index (Phi) is 4.76. The van der Waals surface area contributed by atoms with Gasteiger partial charge in [0.2, 0.25) is 5.91 Å². The quantitative estimate of drug-likeness (QED) is 0.906. The number of likely N-dealkylation sites (tertiary alicyclic amines) is 1. The second-order valence-corrected chi connectivity index (χ2v) is 6.06. The van der Waals surface area contributed by atoms with Crippen molar-refractivity contribution in [1.29, 1.82) is 0 Å². The molecule has 3 rings (SSSR count). The van der Waals surface area contributed by atoms with Crippen LogP contribution in [0.3, 0.4) is 0 Å². The van der Waals surface area contributed by atoms with Crippen LogP contribution in [0.25, 0.3) is 10.9 Å². The highest BCUT2D eigenvalue weighted by atomic mass is 16.5. The summed E-state index contributed by atoms with van der Waals surface area (Å²) in [5, 5.41) is 10.1. The first kappa shape index (κ1) is 16.4. The van der Waals surface area contributed by atoms with Gasteiger partial charge in [-0.1, -0.05) is 24.3 Å². The number of amides is 1. The molecule has 1 saturated heterocycles. The number of nitrogens with zero attached hydrogens (tertiary/aromatic N) is 2.